The molecule has 0 atom stereocenters. The van der Waals surface area contributed by atoms with Crippen molar-refractivity contribution in [3.63, 3.8) is 0 Å². The van der Waals surface area contributed by atoms with Crippen LogP contribution in [-0.2, 0) is 25.9 Å². The summed E-state index contributed by atoms with van der Waals surface area (Å²) in [5, 5.41) is 14.5. The number of carbonyl (C=O) groups excluding carboxylic acids is 2. The maximum absolute atomic E-state index is 12.9. The van der Waals surface area contributed by atoms with Gasteiger partial charge in [-0.2, -0.15) is 10.2 Å². The zero-order chi connectivity index (χ0) is 19.0. The second-order valence-electron chi connectivity index (χ2n) is 7.41. The lowest BCUT2D eigenvalue weighted by Crippen LogP contribution is -2.38. The number of aromatic nitrogens is 4. The number of rotatable bonds is 5. The van der Waals surface area contributed by atoms with Gasteiger partial charge in [0.15, 0.2) is 11.4 Å². The highest BCUT2D eigenvalue weighted by atomic mass is 16.2. The molecule has 0 spiro atoms. The number of hydrogen-bond donors (Lipinski definition) is 2. The fourth-order valence-corrected chi connectivity index (χ4v) is 3.68. The molecule has 0 saturated heterocycles. The van der Waals surface area contributed by atoms with Crippen LogP contribution in [0.3, 0.4) is 0 Å². The van der Waals surface area contributed by atoms with E-state index in [4.69, 9.17) is 0 Å². The summed E-state index contributed by atoms with van der Waals surface area (Å²) < 4.78 is 1.82. The molecule has 0 aromatic carbocycles. The molecule has 0 unspecified atom stereocenters. The third-order valence-electron chi connectivity index (χ3n) is 5.17. The molecule has 144 valence electrons. The summed E-state index contributed by atoms with van der Waals surface area (Å²) in [5.41, 5.74) is 3.99. The highest BCUT2D eigenvalue weighted by Crippen LogP contribution is 2.25. The van der Waals surface area contributed by atoms with Crippen molar-refractivity contribution in [2.24, 2.45) is 0 Å². The minimum Gasteiger partial charge on any atom is -0.349 e. The number of likely N-dealkylation sites (N-methyl/N-ethyl adjacent to an activating group) is 1. The smallest absolute Gasteiger partial charge is 0.275 e. The SMILES string of the molecule is CN(C)CCNC(=O)c1cc2n(n1)CCN(C(=O)c1n[nH]c3c1CCC3)C2. The number of nitrogens with zero attached hydrogens (tertiary/aromatic N) is 5. The van der Waals surface area contributed by atoms with Crippen molar-refractivity contribution in [2.45, 2.75) is 32.4 Å². The number of carbonyl (C=O) groups is 2. The van der Waals surface area contributed by atoms with Gasteiger partial charge in [-0.1, -0.05) is 0 Å². The minimum absolute atomic E-state index is 0.0427. The molecule has 0 radical (unpaired) electrons. The van der Waals surface area contributed by atoms with Crippen LogP contribution in [0.4, 0.5) is 0 Å². The first kappa shape index (κ1) is 17.7. The second-order valence-corrected chi connectivity index (χ2v) is 7.41. The molecule has 2 aromatic heterocycles. The highest BCUT2D eigenvalue weighted by molar-refractivity contribution is 5.94. The number of nitrogens with one attached hydrogen (secondary N) is 2. The van der Waals surface area contributed by atoms with Crippen molar-refractivity contribution < 1.29 is 9.59 Å². The lowest BCUT2D eigenvalue weighted by molar-refractivity contribution is 0.0698. The van der Waals surface area contributed by atoms with Gasteiger partial charge in [0.25, 0.3) is 11.8 Å². The van der Waals surface area contributed by atoms with Gasteiger partial charge in [0, 0.05) is 30.9 Å². The van der Waals surface area contributed by atoms with Gasteiger partial charge in [-0.05, 0) is 39.4 Å². The van der Waals surface area contributed by atoms with Crippen LogP contribution in [0, 0.1) is 0 Å². The monoisotopic (exact) mass is 371 g/mol. The van der Waals surface area contributed by atoms with Crippen LogP contribution in [0.5, 0.6) is 0 Å². The minimum atomic E-state index is -0.179. The fourth-order valence-electron chi connectivity index (χ4n) is 3.68. The van der Waals surface area contributed by atoms with Gasteiger partial charge in [-0.3, -0.25) is 19.4 Å². The van der Waals surface area contributed by atoms with Gasteiger partial charge >= 0.3 is 0 Å². The molecular formula is C18H25N7O2. The zero-order valence-corrected chi connectivity index (χ0v) is 15.8. The van der Waals surface area contributed by atoms with E-state index in [1.54, 1.807) is 11.0 Å². The van der Waals surface area contributed by atoms with Crippen LogP contribution in [0.15, 0.2) is 6.07 Å². The Labute approximate surface area is 157 Å². The Morgan fingerprint density at radius 2 is 2.15 bits per heavy atom. The van der Waals surface area contributed by atoms with E-state index in [0.717, 1.165) is 42.8 Å². The van der Waals surface area contributed by atoms with E-state index in [-0.39, 0.29) is 11.8 Å². The van der Waals surface area contributed by atoms with Gasteiger partial charge in [-0.15, -0.1) is 0 Å². The summed E-state index contributed by atoms with van der Waals surface area (Å²) in [7, 11) is 3.92. The van der Waals surface area contributed by atoms with E-state index in [1.165, 1.54) is 0 Å². The molecule has 1 aliphatic carbocycles. The van der Waals surface area contributed by atoms with Crippen LogP contribution >= 0.6 is 0 Å². The average molecular weight is 371 g/mol. The van der Waals surface area contributed by atoms with Crippen LogP contribution in [0.25, 0.3) is 0 Å². The predicted molar refractivity (Wildman–Crippen MR) is 98.5 cm³/mol. The van der Waals surface area contributed by atoms with Gasteiger partial charge in [0.1, 0.15) is 0 Å². The van der Waals surface area contributed by atoms with Crippen LogP contribution in [-0.4, -0.2) is 75.3 Å². The lowest BCUT2D eigenvalue weighted by Gasteiger charge is -2.27. The highest BCUT2D eigenvalue weighted by Gasteiger charge is 2.29. The third kappa shape index (κ3) is 3.46. The summed E-state index contributed by atoms with van der Waals surface area (Å²) in [5.74, 6) is -0.222. The molecule has 0 saturated carbocycles. The van der Waals surface area contributed by atoms with Crippen LogP contribution in [0.1, 0.15) is 44.3 Å². The molecule has 9 heteroatoms. The van der Waals surface area contributed by atoms with Crippen LogP contribution in [0.2, 0.25) is 0 Å². The molecule has 27 heavy (non-hydrogen) atoms. The molecule has 4 rings (SSSR count). The summed E-state index contributed by atoms with van der Waals surface area (Å²) in [6.07, 6.45) is 2.95. The number of fused-ring (bicyclic) bond motifs is 2. The fraction of sp³-hybridized carbons (Fsp3) is 0.556. The standard InChI is InChI=1S/C18H25N7O2/c1-23(2)7-6-19-17(26)15-10-12-11-24(8-9-25(12)22-15)18(27)16-13-4-3-5-14(13)20-21-16/h10H,3-9,11H2,1-2H3,(H,19,26)(H,20,21). The Bertz CT molecular complexity index is 867. The normalized spacial score (nSPS) is 15.7. The van der Waals surface area contributed by atoms with Crippen LogP contribution < -0.4 is 5.32 Å². The number of H-pyrrole nitrogens is 1. The van der Waals surface area contributed by atoms with E-state index in [9.17, 15) is 9.59 Å². The molecule has 9 nitrogen and oxygen atoms in total. The zero-order valence-electron chi connectivity index (χ0n) is 15.8. The van der Waals surface area contributed by atoms with Crippen molar-refractivity contribution in [1.82, 2.24) is 35.1 Å². The largest absolute Gasteiger partial charge is 0.349 e. The van der Waals surface area contributed by atoms with Crippen molar-refractivity contribution in [1.29, 1.82) is 0 Å². The number of aryl methyl sites for hydroxylation is 1. The third-order valence-corrected chi connectivity index (χ3v) is 5.17. The van der Waals surface area contributed by atoms with Crippen molar-refractivity contribution in [3.8, 4) is 0 Å². The molecule has 0 fully saturated rings. The Kier molecular flexibility index (Phi) is 4.69. The van der Waals surface area contributed by atoms with E-state index in [2.05, 4.69) is 20.6 Å². The molecule has 2 amide bonds. The predicted octanol–water partition coefficient (Wildman–Crippen LogP) is 0.0423. The molecular weight excluding hydrogens is 346 g/mol. The van der Waals surface area contributed by atoms with E-state index < -0.39 is 0 Å². The molecule has 2 aromatic rings. The quantitative estimate of drug-likeness (QED) is 0.773. The van der Waals surface area contributed by atoms with Gasteiger partial charge < -0.3 is 15.1 Å². The molecule has 0 bridgehead atoms. The van der Waals surface area contributed by atoms with Gasteiger partial charge in [0.2, 0.25) is 0 Å². The van der Waals surface area contributed by atoms with Crippen molar-refractivity contribution in [3.05, 3.63) is 34.4 Å². The first-order valence-corrected chi connectivity index (χ1v) is 9.38. The summed E-state index contributed by atoms with van der Waals surface area (Å²) >= 11 is 0. The Hall–Kier alpha value is -2.68. The number of amides is 2. The van der Waals surface area contributed by atoms with Crippen molar-refractivity contribution in [2.75, 3.05) is 33.7 Å². The van der Waals surface area contributed by atoms with E-state index >= 15 is 0 Å². The maximum Gasteiger partial charge on any atom is 0.275 e. The number of aromatic amines is 1. The number of hydrogen-bond acceptors (Lipinski definition) is 5. The molecule has 2 aliphatic rings. The molecule has 1 aliphatic heterocycles. The van der Waals surface area contributed by atoms with Gasteiger partial charge in [-0.25, -0.2) is 0 Å². The summed E-state index contributed by atoms with van der Waals surface area (Å²) in [6.45, 7) is 2.94. The summed E-state index contributed by atoms with van der Waals surface area (Å²) in [4.78, 5) is 29.0. The molecule has 2 N–H and O–H groups in total. The lowest BCUT2D eigenvalue weighted by atomic mass is 10.1. The maximum atomic E-state index is 12.9. The first-order valence-electron chi connectivity index (χ1n) is 9.38. The van der Waals surface area contributed by atoms with Crippen molar-refractivity contribution >= 4 is 11.8 Å². The molecule has 3 heterocycles. The average Bonchev–Trinajstić information content (AvgIpc) is 3.34. The van der Waals surface area contributed by atoms with Gasteiger partial charge in [0.05, 0.1) is 18.8 Å². The Balaban J connectivity index is 1.43. The Morgan fingerprint density at radius 1 is 1.30 bits per heavy atom. The summed E-state index contributed by atoms with van der Waals surface area (Å²) in [6, 6.07) is 1.78. The second kappa shape index (κ2) is 7.15. The first-order chi connectivity index (χ1) is 13.0. The Morgan fingerprint density at radius 3 is 2.96 bits per heavy atom. The van der Waals surface area contributed by atoms with E-state index in [1.807, 2.05) is 23.7 Å². The van der Waals surface area contributed by atoms with E-state index in [0.29, 0.717) is 37.6 Å². The topological polar surface area (TPSA) is 99.2 Å².